The predicted molar refractivity (Wildman–Crippen MR) is 133 cm³/mol. The van der Waals surface area contributed by atoms with Gasteiger partial charge in [0.1, 0.15) is 29.8 Å². The van der Waals surface area contributed by atoms with Gasteiger partial charge in [0, 0.05) is 30.5 Å². The maximum Gasteiger partial charge on any atom is 0.272 e. The zero-order valence-corrected chi connectivity index (χ0v) is 19.4. The average molecular weight is 486 g/mol. The van der Waals surface area contributed by atoms with E-state index >= 15 is 0 Å². The average Bonchev–Trinajstić information content (AvgIpc) is 3.58. The van der Waals surface area contributed by atoms with Crippen LogP contribution in [-0.4, -0.2) is 42.0 Å². The smallest absolute Gasteiger partial charge is 0.272 e. The number of benzene rings is 1. The van der Waals surface area contributed by atoms with E-state index in [0.717, 1.165) is 18.7 Å². The van der Waals surface area contributed by atoms with E-state index < -0.39 is 11.7 Å². The van der Waals surface area contributed by atoms with Crippen LogP contribution in [0, 0.1) is 5.82 Å². The minimum Gasteiger partial charge on any atom is -0.404 e. The number of fused-ring (bicyclic) bond motifs is 1. The number of nitrogens with one attached hydrogen (secondary N) is 2. The fourth-order valence-electron chi connectivity index (χ4n) is 4.31. The number of nitrogens with two attached hydrogens (primary N) is 1. The summed E-state index contributed by atoms with van der Waals surface area (Å²) in [6, 6.07) is 4.43. The van der Waals surface area contributed by atoms with E-state index in [9.17, 15) is 9.18 Å². The van der Waals surface area contributed by atoms with Gasteiger partial charge in [-0.05, 0) is 42.2 Å². The number of H-pyrrole nitrogens is 1. The zero-order valence-electron chi connectivity index (χ0n) is 19.4. The number of hydrogen-bond donors (Lipinski definition) is 3. The first-order chi connectivity index (χ1) is 17.6. The molecule has 4 aromatic rings. The van der Waals surface area contributed by atoms with Crippen molar-refractivity contribution in [3.63, 3.8) is 0 Å². The molecule has 5 rings (SSSR count). The van der Waals surface area contributed by atoms with Crippen LogP contribution in [0.2, 0.25) is 0 Å². The van der Waals surface area contributed by atoms with Crippen LogP contribution in [0.15, 0.2) is 54.4 Å². The number of imidazole rings is 1. The Kier molecular flexibility index (Phi) is 6.69. The van der Waals surface area contributed by atoms with E-state index in [1.807, 2.05) is 0 Å². The van der Waals surface area contributed by atoms with Crippen LogP contribution < -0.4 is 11.1 Å². The summed E-state index contributed by atoms with van der Waals surface area (Å²) in [7, 11) is 0. The third-order valence-corrected chi connectivity index (χ3v) is 6.09. The minimum atomic E-state index is -0.466. The second-order valence-electron chi connectivity index (χ2n) is 8.53. The number of carbonyl (C=O) groups is 1. The van der Waals surface area contributed by atoms with Gasteiger partial charge >= 0.3 is 0 Å². The van der Waals surface area contributed by atoms with E-state index in [4.69, 9.17) is 5.73 Å². The van der Waals surface area contributed by atoms with Gasteiger partial charge in [-0.1, -0.05) is 12.8 Å². The summed E-state index contributed by atoms with van der Waals surface area (Å²) in [6.45, 7) is 0.0836. The molecule has 1 amide bonds. The van der Waals surface area contributed by atoms with Crippen molar-refractivity contribution in [1.82, 2.24) is 35.2 Å². The first-order valence-corrected chi connectivity index (χ1v) is 11.6. The van der Waals surface area contributed by atoms with E-state index in [1.165, 1.54) is 50.0 Å². The van der Waals surface area contributed by atoms with Gasteiger partial charge < -0.3 is 16.0 Å². The highest BCUT2D eigenvalue weighted by molar-refractivity contribution is 6.10. The molecule has 0 bridgehead atoms. The Hall–Kier alpha value is -4.54. The largest absolute Gasteiger partial charge is 0.404 e. The summed E-state index contributed by atoms with van der Waals surface area (Å²) >= 11 is 0. The first kappa shape index (κ1) is 23.2. The Morgan fingerprint density at radius 1 is 1.17 bits per heavy atom. The van der Waals surface area contributed by atoms with Crippen LogP contribution in [-0.2, 0) is 6.54 Å². The standard InChI is InChI=1S/C25H24FN9O/c26-19-6-15(5-17(7-19)18(8-27)10-30-20-11-28-13-29-12-20)9-31-25(36)22-21-24(33-14-32-22)35-23(34-21)16-3-1-2-4-16/h5-8,10-14,16H,1-4,9,27H2,(H,31,36)(H,32,33,34,35). The quantitative estimate of drug-likeness (QED) is 0.339. The second kappa shape index (κ2) is 10.4. The lowest BCUT2D eigenvalue weighted by molar-refractivity contribution is 0.0947. The van der Waals surface area contributed by atoms with Gasteiger partial charge in [0.15, 0.2) is 11.3 Å². The van der Waals surface area contributed by atoms with Crippen LogP contribution in [0.1, 0.15) is 59.0 Å². The molecule has 3 heterocycles. The van der Waals surface area contributed by atoms with E-state index in [1.54, 1.807) is 18.5 Å². The summed E-state index contributed by atoms with van der Waals surface area (Å²) in [5.41, 5.74) is 9.04. The molecule has 4 N–H and O–H groups in total. The molecule has 0 unspecified atom stereocenters. The summed E-state index contributed by atoms with van der Waals surface area (Å²) in [5.74, 6) is 0.321. The van der Waals surface area contributed by atoms with Gasteiger partial charge in [-0.2, -0.15) is 0 Å². The Morgan fingerprint density at radius 2 is 1.97 bits per heavy atom. The molecule has 1 aliphatic rings. The number of carbonyl (C=O) groups excluding carboxylic acids is 1. The molecule has 0 atom stereocenters. The number of amides is 1. The number of aromatic amines is 1. The molecule has 1 aromatic carbocycles. The lowest BCUT2D eigenvalue weighted by atomic mass is 10.0. The molecule has 36 heavy (non-hydrogen) atoms. The first-order valence-electron chi connectivity index (χ1n) is 11.6. The lowest BCUT2D eigenvalue weighted by Gasteiger charge is -2.09. The van der Waals surface area contributed by atoms with Crippen LogP contribution in [0.25, 0.3) is 16.7 Å². The normalized spacial score (nSPS) is 14.6. The molecule has 10 nitrogen and oxygen atoms in total. The maximum absolute atomic E-state index is 14.4. The van der Waals surface area contributed by atoms with Gasteiger partial charge in [0.25, 0.3) is 5.91 Å². The summed E-state index contributed by atoms with van der Waals surface area (Å²) in [6.07, 6.45) is 13.1. The maximum atomic E-state index is 14.4. The second-order valence-corrected chi connectivity index (χ2v) is 8.53. The SMILES string of the molecule is NC=C(C=Nc1cncnc1)c1cc(F)cc(CNC(=O)c2ncnc3nc(C4CCCC4)[nH]c23)c1. The number of aliphatic imine (C=N–C) groups is 1. The molecule has 1 aliphatic carbocycles. The third-order valence-electron chi connectivity index (χ3n) is 6.09. The predicted octanol–water partition coefficient (Wildman–Crippen LogP) is 3.57. The van der Waals surface area contributed by atoms with Crippen molar-refractivity contribution >= 4 is 34.5 Å². The fourth-order valence-corrected chi connectivity index (χ4v) is 4.31. The Morgan fingerprint density at radius 3 is 2.75 bits per heavy atom. The van der Waals surface area contributed by atoms with Gasteiger partial charge in [0.05, 0.1) is 18.1 Å². The Balaban J connectivity index is 1.32. The molecule has 0 aliphatic heterocycles. The topological polar surface area (TPSA) is 148 Å². The highest BCUT2D eigenvalue weighted by Crippen LogP contribution is 2.33. The van der Waals surface area contributed by atoms with Crippen molar-refractivity contribution in [2.45, 2.75) is 38.1 Å². The van der Waals surface area contributed by atoms with Crippen LogP contribution in [0.4, 0.5) is 10.1 Å². The lowest BCUT2D eigenvalue weighted by Crippen LogP contribution is -2.24. The number of aromatic nitrogens is 6. The molecule has 1 saturated carbocycles. The Bertz CT molecular complexity index is 1440. The van der Waals surface area contributed by atoms with E-state index in [2.05, 4.69) is 40.2 Å². The highest BCUT2D eigenvalue weighted by Gasteiger charge is 2.23. The van der Waals surface area contributed by atoms with E-state index in [-0.39, 0.29) is 12.2 Å². The fraction of sp³-hybridized carbons (Fsp3) is 0.240. The van der Waals surface area contributed by atoms with Gasteiger partial charge in [0.2, 0.25) is 0 Å². The van der Waals surface area contributed by atoms with Gasteiger partial charge in [-0.3, -0.25) is 9.79 Å². The Labute approximate surface area is 206 Å². The van der Waals surface area contributed by atoms with Crippen molar-refractivity contribution in [1.29, 1.82) is 0 Å². The molecule has 0 radical (unpaired) electrons. The molecule has 0 spiro atoms. The van der Waals surface area contributed by atoms with Crippen LogP contribution in [0.3, 0.4) is 0 Å². The number of halogens is 1. The van der Waals surface area contributed by atoms with Crippen molar-refractivity contribution in [2.24, 2.45) is 10.7 Å². The molecule has 3 aromatic heterocycles. The van der Waals surface area contributed by atoms with E-state index in [0.29, 0.717) is 39.5 Å². The van der Waals surface area contributed by atoms with Crippen molar-refractivity contribution in [2.75, 3.05) is 0 Å². The van der Waals surface area contributed by atoms with Crippen molar-refractivity contribution in [3.05, 3.63) is 77.9 Å². The van der Waals surface area contributed by atoms with Crippen molar-refractivity contribution in [3.8, 4) is 0 Å². The molecular weight excluding hydrogens is 461 g/mol. The minimum absolute atomic E-state index is 0.0836. The van der Waals surface area contributed by atoms with Gasteiger partial charge in [-0.15, -0.1) is 0 Å². The number of hydrogen-bond acceptors (Lipinski definition) is 8. The molecule has 0 saturated heterocycles. The number of rotatable bonds is 7. The summed E-state index contributed by atoms with van der Waals surface area (Å²) in [5, 5.41) is 2.81. The molecule has 1 fully saturated rings. The number of allylic oxidation sites excluding steroid dienone is 1. The third kappa shape index (κ3) is 5.09. The summed E-state index contributed by atoms with van der Waals surface area (Å²) < 4.78 is 14.4. The van der Waals surface area contributed by atoms with Crippen LogP contribution >= 0.6 is 0 Å². The summed E-state index contributed by atoms with van der Waals surface area (Å²) in [4.78, 5) is 41.3. The van der Waals surface area contributed by atoms with Crippen LogP contribution in [0.5, 0.6) is 0 Å². The zero-order chi connectivity index (χ0) is 24.9. The number of nitrogens with zero attached hydrogens (tertiary/aromatic N) is 6. The molecule has 182 valence electrons. The molecular formula is C25H24FN9O. The van der Waals surface area contributed by atoms with Crippen molar-refractivity contribution < 1.29 is 9.18 Å². The molecule has 11 heteroatoms. The van der Waals surface area contributed by atoms with Gasteiger partial charge in [-0.25, -0.2) is 29.3 Å². The monoisotopic (exact) mass is 485 g/mol. The highest BCUT2D eigenvalue weighted by atomic mass is 19.1.